The van der Waals surface area contributed by atoms with Gasteiger partial charge in [-0.15, -0.1) is 0 Å². The van der Waals surface area contributed by atoms with Crippen molar-refractivity contribution in [3.8, 4) is 0 Å². The fourth-order valence-electron chi connectivity index (χ4n) is 2.68. The summed E-state index contributed by atoms with van der Waals surface area (Å²) in [6, 6.07) is 0.758. The number of ether oxygens (including phenoxy) is 1. The normalized spacial score (nSPS) is 29.2. The van der Waals surface area contributed by atoms with Crippen molar-refractivity contribution in [3.63, 3.8) is 0 Å². The topological polar surface area (TPSA) is 15.7 Å². The van der Waals surface area contributed by atoms with Crippen LogP contribution in [0.5, 0.6) is 0 Å². The summed E-state index contributed by atoms with van der Waals surface area (Å²) in [5.41, 5.74) is 0. The molecule has 0 bridgehead atoms. The first kappa shape index (κ1) is 15.0. The van der Waals surface area contributed by atoms with Gasteiger partial charge < -0.3 is 9.64 Å². The minimum absolute atomic E-state index is 0.667. The molecule has 2 aliphatic rings. The van der Waals surface area contributed by atoms with E-state index in [0.717, 1.165) is 32.3 Å². The lowest BCUT2D eigenvalue weighted by Crippen LogP contribution is -2.43. The predicted octanol–water partition coefficient (Wildman–Crippen LogP) is 1.35. The second-order valence-corrected chi connectivity index (χ2v) is 7.80. The Hall–Kier alpha value is 0.580. The van der Waals surface area contributed by atoms with Gasteiger partial charge in [0.15, 0.2) is 0 Å². The summed E-state index contributed by atoms with van der Waals surface area (Å²) in [7, 11) is 4.32. The summed E-state index contributed by atoms with van der Waals surface area (Å²) in [5.74, 6) is 5.93. The van der Waals surface area contributed by atoms with Crippen LogP contribution in [0.25, 0.3) is 0 Å². The van der Waals surface area contributed by atoms with Crippen LogP contribution in [0.2, 0.25) is 0 Å². The minimum Gasteiger partial charge on any atom is -0.380 e. The highest BCUT2D eigenvalue weighted by Gasteiger charge is 2.26. The highest BCUT2D eigenvalue weighted by molar-refractivity contribution is 8.03. The van der Waals surface area contributed by atoms with Gasteiger partial charge in [-0.3, -0.25) is 4.90 Å². The summed E-state index contributed by atoms with van der Waals surface area (Å²) in [5, 5.41) is 0. The second-order valence-electron chi connectivity index (χ2n) is 5.50. The van der Waals surface area contributed by atoms with E-state index in [-0.39, 0.29) is 0 Å². The lowest BCUT2D eigenvalue weighted by molar-refractivity contribution is 0.112. The third-order valence-corrected chi connectivity index (χ3v) is 5.99. The van der Waals surface area contributed by atoms with Crippen LogP contribution >= 0.6 is 23.5 Å². The Bertz CT molecular complexity index is 233. The van der Waals surface area contributed by atoms with Gasteiger partial charge in [0.2, 0.25) is 0 Å². The molecule has 0 aromatic carbocycles. The highest BCUT2D eigenvalue weighted by atomic mass is 32.2. The van der Waals surface area contributed by atoms with Crippen molar-refractivity contribution in [1.29, 1.82) is 0 Å². The largest absolute Gasteiger partial charge is 0.380 e. The van der Waals surface area contributed by atoms with Crippen molar-refractivity contribution in [2.45, 2.75) is 6.04 Å². The molecule has 0 aliphatic carbocycles. The average Bonchev–Trinajstić information content (AvgIpc) is 2.70. The van der Waals surface area contributed by atoms with E-state index in [4.69, 9.17) is 4.74 Å². The van der Waals surface area contributed by atoms with Gasteiger partial charge >= 0.3 is 0 Å². The molecule has 0 spiro atoms. The zero-order valence-corrected chi connectivity index (χ0v) is 13.3. The fourth-order valence-corrected chi connectivity index (χ4v) is 5.31. The molecule has 0 saturated carbocycles. The van der Waals surface area contributed by atoms with Crippen molar-refractivity contribution >= 4 is 23.5 Å². The Kier molecular flexibility index (Phi) is 6.66. The number of nitrogens with zero attached hydrogens (tertiary/aromatic N) is 2. The molecule has 1 atom stereocenters. The molecule has 5 heteroatoms. The lowest BCUT2D eigenvalue weighted by Gasteiger charge is -2.31. The molecular formula is C13H26N2OS2. The molecule has 0 radical (unpaired) electrons. The van der Waals surface area contributed by atoms with Crippen LogP contribution in [0.15, 0.2) is 0 Å². The van der Waals surface area contributed by atoms with E-state index in [1.807, 2.05) is 0 Å². The van der Waals surface area contributed by atoms with Gasteiger partial charge in [-0.25, -0.2) is 0 Å². The van der Waals surface area contributed by atoms with Crippen LogP contribution < -0.4 is 0 Å². The van der Waals surface area contributed by atoms with Crippen LogP contribution in [-0.4, -0.2) is 85.8 Å². The molecule has 3 nitrogen and oxygen atoms in total. The van der Waals surface area contributed by atoms with Gasteiger partial charge in [0.1, 0.15) is 0 Å². The van der Waals surface area contributed by atoms with E-state index < -0.39 is 0 Å². The Morgan fingerprint density at radius 2 is 1.94 bits per heavy atom. The lowest BCUT2D eigenvalue weighted by atomic mass is 10.1. The Morgan fingerprint density at radius 1 is 1.22 bits per heavy atom. The molecule has 2 aliphatic heterocycles. The summed E-state index contributed by atoms with van der Waals surface area (Å²) >= 11 is 4.25. The highest BCUT2D eigenvalue weighted by Crippen LogP contribution is 2.22. The predicted molar refractivity (Wildman–Crippen MR) is 82.9 cm³/mol. The first-order chi connectivity index (χ1) is 8.75. The van der Waals surface area contributed by atoms with Crippen LogP contribution in [-0.2, 0) is 4.74 Å². The smallest absolute Gasteiger partial charge is 0.0593 e. The summed E-state index contributed by atoms with van der Waals surface area (Å²) in [6.45, 7) is 5.32. The number of hydrogen-bond acceptors (Lipinski definition) is 5. The molecule has 0 amide bonds. The maximum atomic E-state index is 5.78. The minimum atomic E-state index is 0.667. The molecule has 2 heterocycles. The molecule has 2 fully saturated rings. The second kappa shape index (κ2) is 8.00. The van der Waals surface area contributed by atoms with Crippen LogP contribution in [0, 0.1) is 5.92 Å². The molecule has 0 N–H and O–H groups in total. The number of hydrogen-bond donors (Lipinski definition) is 0. The van der Waals surface area contributed by atoms with Crippen molar-refractivity contribution in [2.75, 3.05) is 70.0 Å². The van der Waals surface area contributed by atoms with Gasteiger partial charge in [0.05, 0.1) is 13.2 Å². The Balaban J connectivity index is 1.88. The molecule has 106 valence electrons. The van der Waals surface area contributed by atoms with E-state index in [0.29, 0.717) is 5.92 Å². The van der Waals surface area contributed by atoms with E-state index in [1.165, 1.54) is 29.6 Å². The maximum absolute atomic E-state index is 5.78. The standard InChI is InChI=1S/C13H26N2OS2/c1-14(2)7-12-8-15(3-4-16-9-12)13-10-17-5-6-18-11-13/h12-13H,3-11H2,1-2H3/t12-/m1/s1. The third kappa shape index (κ3) is 4.93. The SMILES string of the molecule is CN(C)C[C@H]1COCCN(C2CSCCSC2)C1. The van der Waals surface area contributed by atoms with Crippen molar-refractivity contribution in [1.82, 2.24) is 9.80 Å². The molecular weight excluding hydrogens is 264 g/mol. The van der Waals surface area contributed by atoms with Crippen LogP contribution in [0.4, 0.5) is 0 Å². The van der Waals surface area contributed by atoms with E-state index >= 15 is 0 Å². The number of rotatable bonds is 3. The quantitative estimate of drug-likeness (QED) is 0.777. The van der Waals surface area contributed by atoms with Crippen molar-refractivity contribution in [2.24, 2.45) is 5.92 Å². The Morgan fingerprint density at radius 3 is 2.61 bits per heavy atom. The summed E-state index contributed by atoms with van der Waals surface area (Å²) < 4.78 is 5.78. The van der Waals surface area contributed by atoms with Gasteiger partial charge in [-0.2, -0.15) is 23.5 Å². The van der Waals surface area contributed by atoms with Gasteiger partial charge in [0, 0.05) is 54.6 Å². The Labute approximate surface area is 120 Å². The molecule has 2 saturated heterocycles. The monoisotopic (exact) mass is 290 g/mol. The molecule has 18 heavy (non-hydrogen) atoms. The molecule has 0 aromatic rings. The zero-order chi connectivity index (χ0) is 12.8. The van der Waals surface area contributed by atoms with Crippen molar-refractivity contribution in [3.05, 3.63) is 0 Å². The first-order valence-electron chi connectivity index (χ1n) is 6.87. The summed E-state index contributed by atoms with van der Waals surface area (Å²) in [6.07, 6.45) is 0. The number of thioether (sulfide) groups is 2. The third-order valence-electron chi connectivity index (χ3n) is 3.50. The molecule has 0 unspecified atom stereocenters. The molecule has 2 rings (SSSR count). The van der Waals surface area contributed by atoms with Gasteiger partial charge in [-0.05, 0) is 14.1 Å². The zero-order valence-electron chi connectivity index (χ0n) is 11.6. The van der Waals surface area contributed by atoms with E-state index in [1.54, 1.807) is 0 Å². The maximum Gasteiger partial charge on any atom is 0.0593 e. The fraction of sp³-hybridized carbons (Fsp3) is 1.00. The van der Waals surface area contributed by atoms with Gasteiger partial charge in [-0.1, -0.05) is 0 Å². The van der Waals surface area contributed by atoms with E-state index in [2.05, 4.69) is 47.4 Å². The average molecular weight is 290 g/mol. The first-order valence-corrected chi connectivity index (χ1v) is 9.18. The summed E-state index contributed by atoms with van der Waals surface area (Å²) in [4.78, 5) is 4.97. The molecule has 0 aromatic heterocycles. The van der Waals surface area contributed by atoms with Crippen LogP contribution in [0.3, 0.4) is 0 Å². The van der Waals surface area contributed by atoms with Crippen molar-refractivity contribution < 1.29 is 4.74 Å². The van der Waals surface area contributed by atoms with Crippen LogP contribution in [0.1, 0.15) is 0 Å². The van der Waals surface area contributed by atoms with Gasteiger partial charge in [0.25, 0.3) is 0 Å². The van der Waals surface area contributed by atoms with E-state index in [9.17, 15) is 0 Å².